The van der Waals surface area contributed by atoms with Crippen molar-refractivity contribution in [1.82, 2.24) is 0 Å². The van der Waals surface area contributed by atoms with Gasteiger partial charge in [-0.25, -0.2) is 0 Å². The molecule has 27 heavy (non-hydrogen) atoms. The molecule has 0 spiro atoms. The normalized spacial score (nSPS) is 22.8. The van der Waals surface area contributed by atoms with E-state index < -0.39 is 0 Å². The molecule has 0 aromatic rings. The Labute approximate surface area is 190 Å². The zero-order valence-corrected chi connectivity index (χ0v) is 17.4. The standard InChI is InChI=1S/C13H13NO.2C5H5.2Fe/c1-15-14-13(12-8-4-5-9-12)10-11-6-2-3-7-11;2*1-2-4-5-3-1;;/h2-9H,10H2,1H3;2*1-5H;;/b14-13+;;;;. The van der Waals surface area contributed by atoms with Gasteiger partial charge in [-0.2, -0.15) is 0 Å². The first-order valence-electron chi connectivity index (χ1n) is 8.26. The number of hydrogen-bond donors (Lipinski definition) is 0. The molecular formula is C23H23Fe2NO. The molecule has 2 nitrogen and oxygen atoms in total. The number of nitrogens with zero attached hydrogens (tertiary/aromatic N) is 1. The summed E-state index contributed by atoms with van der Waals surface area (Å²) in [5.41, 5.74) is 0.966. The fraction of sp³-hybridized carbons (Fsp3) is 0.0870. The van der Waals surface area contributed by atoms with Crippen LogP contribution in [0.1, 0.15) is 6.42 Å². The van der Waals surface area contributed by atoms with E-state index in [2.05, 4.69) is 18.0 Å². The van der Waals surface area contributed by atoms with E-state index >= 15 is 0 Å². The second-order valence-electron chi connectivity index (χ2n) is 5.29. The molecule has 4 fully saturated rings. The molecule has 0 amide bonds. The molecule has 20 radical (unpaired) electrons. The van der Waals surface area contributed by atoms with Gasteiger partial charge >= 0.3 is 0 Å². The molecule has 4 aliphatic carbocycles. The van der Waals surface area contributed by atoms with Crippen molar-refractivity contribution in [2.24, 2.45) is 5.16 Å². The van der Waals surface area contributed by atoms with Crippen molar-refractivity contribution >= 4 is 5.71 Å². The van der Waals surface area contributed by atoms with Gasteiger partial charge in [0.2, 0.25) is 0 Å². The Morgan fingerprint density at radius 1 is 0.630 bits per heavy atom. The van der Waals surface area contributed by atoms with Crippen molar-refractivity contribution in [3.8, 4) is 0 Å². The van der Waals surface area contributed by atoms with Crippen molar-refractivity contribution in [3.05, 3.63) is 127 Å². The van der Waals surface area contributed by atoms with Crippen LogP contribution >= 0.6 is 0 Å². The first-order chi connectivity index (χ1) is 12.4. The van der Waals surface area contributed by atoms with Crippen molar-refractivity contribution in [1.29, 1.82) is 0 Å². The van der Waals surface area contributed by atoms with E-state index in [1.165, 1.54) is 5.92 Å². The third-order valence-electron chi connectivity index (χ3n) is 3.41. The van der Waals surface area contributed by atoms with Gasteiger partial charge < -0.3 is 4.84 Å². The first kappa shape index (κ1) is 27.5. The summed E-state index contributed by atoms with van der Waals surface area (Å²) >= 11 is 0. The van der Waals surface area contributed by atoms with Gasteiger partial charge in [-0.15, -0.1) is 0 Å². The summed E-state index contributed by atoms with van der Waals surface area (Å²) in [4.78, 5) is 4.86. The van der Waals surface area contributed by atoms with Crippen LogP contribution in [-0.2, 0) is 39.0 Å². The average Bonchev–Trinajstić information content (AvgIpc) is 3.48. The van der Waals surface area contributed by atoms with Gasteiger partial charge in [-0.3, -0.25) is 0 Å². The van der Waals surface area contributed by atoms with E-state index in [9.17, 15) is 0 Å². The molecule has 4 rings (SSSR count). The third-order valence-corrected chi connectivity index (χ3v) is 3.41. The van der Waals surface area contributed by atoms with E-state index in [4.69, 9.17) is 4.84 Å². The zero-order chi connectivity index (χ0) is 17.6. The smallest absolute Gasteiger partial charge is 0.106 e. The third kappa shape index (κ3) is 12.6. The average molecular weight is 441 g/mol. The zero-order valence-electron chi connectivity index (χ0n) is 15.2. The van der Waals surface area contributed by atoms with Crippen LogP contribution in [0, 0.1) is 127 Å². The van der Waals surface area contributed by atoms with Crippen molar-refractivity contribution < 1.29 is 39.0 Å². The molecule has 0 unspecified atom stereocenters. The summed E-state index contributed by atoms with van der Waals surface area (Å²) in [6, 6.07) is 0. The fourth-order valence-electron chi connectivity index (χ4n) is 2.23. The topological polar surface area (TPSA) is 21.6 Å². The Balaban J connectivity index is 0.000000465. The Kier molecular flexibility index (Phi) is 18.9. The summed E-state index contributed by atoms with van der Waals surface area (Å²) in [5.74, 6) is 2.38. The van der Waals surface area contributed by atoms with Crippen LogP contribution in [0.5, 0.6) is 0 Å². The van der Waals surface area contributed by atoms with Crippen LogP contribution in [0.3, 0.4) is 0 Å². The van der Waals surface area contributed by atoms with E-state index in [1.54, 1.807) is 7.11 Å². The van der Waals surface area contributed by atoms with Crippen LogP contribution in [0.15, 0.2) is 5.16 Å². The van der Waals surface area contributed by atoms with Crippen LogP contribution in [0.4, 0.5) is 0 Å². The van der Waals surface area contributed by atoms with Gasteiger partial charge in [-0.1, -0.05) is 5.16 Å². The van der Waals surface area contributed by atoms with Gasteiger partial charge in [0.1, 0.15) is 7.11 Å². The van der Waals surface area contributed by atoms with Crippen LogP contribution in [-0.4, -0.2) is 12.8 Å². The number of oxime groups is 1. The number of hydrogen-bond acceptors (Lipinski definition) is 2. The molecule has 4 saturated carbocycles. The Bertz CT molecular complexity index is 317. The molecule has 0 aromatic heterocycles. The molecule has 0 saturated heterocycles. The van der Waals surface area contributed by atoms with Crippen molar-refractivity contribution in [2.45, 2.75) is 6.42 Å². The molecular weight excluding hydrogens is 418 g/mol. The molecule has 142 valence electrons. The minimum absolute atomic E-state index is 0. The second-order valence-corrected chi connectivity index (χ2v) is 5.29. The first-order valence-corrected chi connectivity index (χ1v) is 8.26. The molecule has 0 bridgehead atoms. The Morgan fingerprint density at radius 2 is 1.00 bits per heavy atom. The van der Waals surface area contributed by atoms with Gasteiger partial charge in [0.25, 0.3) is 0 Å². The van der Waals surface area contributed by atoms with E-state index in [1.807, 2.05) is 103 Å². The maximum absolute atomic E-state index is 4.86. The van der Waals surface area contributed by atoms with Crippen LogP contribution in [0.25, 0.3) is 0 Å². The van der Waals surface area contributed by atoms with Crippen LogP contribution in [0.2, 0.25) is 0 Å². The SMILES string of the molecule is CO/N=C(\C[C]1[CH][CH][CH][CH]1)[C]1[CH][CH][CH][CH]1.[CH]1[CH][CH][CH][CH]1.[CH]1[CH][CH][CH][CH]1.[Fe].[Fe]. The molecule has 0 atom stereocenters. The summed E-state index contributed by atoms with van der Waals surface area (Å²) in [7, 11) is 1.58. The Hall–Kier alpha value is 0.509. The largest absolute Gasteiger partial charge is 0.399 e. The van der Waals surface area contributed by atoms with Gasteiger partial charge in [0.05, 0.1) is 5.71 Å². The minimum atomic E-state index is 0. The molecule has 4 aliphatic rings. The van der Waals surface area contributed by atoms with Crippen molar-refractivity contribution in [3.63, 3.8) is 0 Å². The van der Waals surface area contributed by atoms with Gasteiger partial charge in [0.15, 0.2) is 0 Å². The number of rotatable bonds is 4. The maximum atomic E-state index is 4.86. The minimum Gasteiger partial charge on any atom is -0.399 e. The monoisotopic (exact) mass is 441 g/mol. The predicted octanol–water partition coefficient (Wildman–Crippen LogP) is 4.23. The van der Waals surface area contributed by atoms with Crippen LogP contribution < -0.4 is 0 Å². The van der Waals surface area contributed by atoms with Crippen molar-refractivity contribution in [2.75, 3.05) is 7.11 Å². The molecule has 0 aliphatic heterocycles. The van der Waals surface area contributed by atoms with Gasteiger partial charge in [-0.05, 0) is 128 Å². The quantitative estimate of drug-likeness (QED) is 0.364. The maximum Gasteiger partial charge on any atom is 0.106 e. The molecule has 4 heteroatoms. The Morgan fingerprint density at radius 3 is 1.37 bits per heavy atom. The predicted molar refractivity (Wildman–Crippen MR) is 103 cm³/mol. The second kappa shape index (κ2) is 18.5. The van der Waals surface area contributed by atoms with E-state index in [0.717, 1.165) is 18.1 Å². The fourth-order valence-corrected chi connectivity index (χ4v) is 2.23. The van der Waals surface area contributed by atoms with E-state index in [-0.39, 0.29) is 34.1 Å². The summed E-state index contributed by atoms with van der Waals surface area (Å²) in [6.07, 6.45) is 37.2. The molecule has 0 N–H and O–H groups in total. The molecule has 0 heterocycles. The van der Waals surface area contributed by atoms with E-state index in [0.29, 0.717) is 0 Å². The summed E-state index contributed by atoms with van der Waals surface area (Å²) in [5, 5.41) is 4.06. The molecule has 0 aromatic carbocycles. The summed E-state index contributed by atoms with van der Waals surface area (Å²) in [6.45, 7) is 0. The van der Waals surface area contributed by atoms with Gasteiger partial charge in [0, 0.05) is 40.1 Å². The summed E-state index contributed by atoms with van der Waals surface area (Å²) < 4.78 is 0.